The molecule has 0 spiro atoms. The third-order valence-corrected chi connectivity index (χ3v) is 6.14. The van der Waals surface area contributed by atoms with Crippen LogP contribution in [0.15, 0.2) is 47.5 Å². The molecule has 3 aromatic rings. The molecule has 2 aromatic heterocycles. The van der Waals surface area contributed by atoms with Crippen LogP contribution in [0, 0.1) is 6.92 Å². The first-order valence-corrected chi connectivity index (χ1v) is 9.50. The van der Waals surface area contributed by atoms with Gasteiger partial charge in [0.25, 0.3) is 0 Å². The average Bonchev–Trinajstić information content (AvgIpc) is 2.94. The van der Waals surface area contributed by atoms with Crippen LogP contribution >= 0.6 is 11.6 Å². The number of carbonyl (C=O) groups is 1. The maximum atomic E-state index is 12.4. The third kappa shape index (κ3) is 2.64. The van der Waals surface area contributed by atoms with E-state index in [9.17, 15) is 13.2 Å². The molecular weight excluding hydrogens is 346 g/mol. The molecule has 0 bridgehead atoms. The molecule has 0 amide bonds. The van der Waals surface area contributed by atoms with Crippen molar-refractivity contribution in [3.05, 3.63) is 58.9 Å². The average molecular weight is 362 g/mol. The van der Waals surface area contributed by atoms with E-state index in [4.69, 9.17) is 11.6 Å². The van der Waals surface area contributed by atoms with Crippen molar-refractivity contribution in [2.75, 3.05) is 5.75 Å². The van der Waals surface area contributed by atoms with Gasteiger partial charge >= 0.3 is 0 Å². The number of pyridine rings is 1. The van der Waals surface area contributed by atoms with Crippen molar-refractivity contribution in [3.63, 3.8) is 0 Å². The quantitative estimate of drug-likeness (QED) is 0.655. The van der Waals surface area contributed by atoms with Crippen molar-refractivity contribution in [1.29, 1.82) is 0 Å². The van der Waals surface area contributed by atoms with E-state index >= 15 is 0 Å². The van der Waals surface area contributed by atoms with Crippen LogP contribution in [0.3, 0.4) is 0 Å². The second-order valence-corrected chi connectivity index (χ2v) is 8.23. The van der Waals surface area contributed by atoms with E-state index in [0.29, 0.717) is 21.8 Å². The number of hydrogen-bond acceptors (Lipinski definition) is 3. The van der Waals surface area contributed by atoms with Crippen LogP contribution in [0.1, 0.15) is 23.0 Å². The summed E-state index contributed by atoms with van der Waals surface area (Å²) in [5, 5.41) is 0.420. The van der Waals surface area contributed by atoms with E-state index in [1.54, 1.807) is 29.7 Å². The molecule has 4 nitrogen and oxygen atoms in total. The van der Waals surface area contributed by atoms with Crippen molar-refractivity contribution in [1.82, 2.24) is 4.40 Å². The molecule has 0 fully saturated rings. The fourth-order valence-electron chi connectivity index (χ4n) is 2.84. The summed E-state index contributed by atoms with van der Waals surface area (Å²) in [6.07, 6.45) is 2.53. The predicted molar refractivity (Wildman–Crippen MR) is 95.7 cm³/mol. The van der Waals surface area contributed by atoms with Crippen LogP contribution in [-0.4, -0.2) is 24.9 Å². The minimum absolute atomic E-state index is 0.0234. The van der Waals surface area contributed by atoms with Crippen molar-refractivity contribution >= 4 is 33.2 Å². The first-order chi connectivity index (χ1) is 11.4. The van der Waals surface area contributed by atoms with Gasteiger partial charge in [-0.1, -0.05) is 24.6 Å². The van der Waals surface area contributed by atoms with Gasteiger partial charge in [-0.25, -0.2) is 8.42 Å². The summed E-state index contributed by atoms with van der Waals surface area (Å²) >= 11 is 6.10. The minimum atomic E-state index is -3.45. The third-order valence-electron chi connectivity index (χ3n) is 4.12. The number of halogens is 1. The van der Waals surface area contributed by atoms with Crippen LogP contribution in [-0.2, 0) is 9.84 Å². The lowest BCUT2D eigenvalue weighted by atomic mass is 10.1. The summed E-state index contributed by atoms with van der Waals surface area (Å²) < 4.78 is 26.7. The summed E-state index contributed by atoms with van der Waals surface area (Å²) in [6, 6.07) is 10.3. The van der Waals surface area contributed by atoms with Crippen molar-refractivity contribution < 1.29 is 13.2 Å². The number of sulfone groups is 1. The van der Waals surface area contributed by atoms with Crippen LogP contribution in [0.5, 0.6) is 0 Å². The zero-order valence-corrected chi connectivity index (χ0v) is 14.9. The Balaban J connectivity index is 2.42. The monoisotopic (exact) mass is 361 g/mol. The molecule has 6 heteroatoms. The number of aromatic nitrogens is 1. The lowest BCUT2D eigenvalue weighted by molar-refractivity contribution is 0.111. The number of nitrogens with zero attached hydrogens (tertiary/aromatic N) is 1. The molecule has 0 aliphatic rings. The van der Waals surface area contributed by atoms with Crippen molar-refractivity contribution in [3.8, 4) is 11.1 Å². The Morgan fingerprint density at radius 3 is 2.58 bits per heavy atom. The number of aldehydes is 1. The van der Waals surface area contributed by atoms with E-state index in [0.717, 1.165) is 17.4 Å². The van der Waals surface area contributed by atoms with Crippen LogP contribution in [0.2, 0.25) is 5.02 Å². The maximum absolute atomic E-state index is 12.4. The summed E-state index contributed by atoms with van der Waals surface area (Å²) in [4.78, 5) is 11.9. The van der Waals surface area contributed by atoms with Gasteiger partial charge in [0.2, 0.25) is 0 Å². The van der Waals surface area contributed by atoms with E-state index < -0.39 is 9.84 Å². The van der Waals surface area contributed by atoms with Crippen molar-refractivity contribution in [2.45, 2.75) is 18.7 Å². The molecule has 3 rings (SSSR count). The van der Waals surface area contributed by atoms with Crippen molar-refractivity contribution in [2.24, 2.45) is 0 Å². The highest BCUT2D eigenvalue weighted by atomic mass is 35.5. The van der Waals surface area contributed by atoms with Gasteiger partial charge in [-0.2, -0.15) is 0 Å². The van der Waals surface area contributed by atoms with Gasteiger partial charge in [0, 0.05) is 27.9 Å². The molecule has 2 heterocycles. The molecule has 0 atom stereocenters. The molecule has 0 radical (unpaired) electrons. The number of fused-ring (bicyclic) bond motifs is 1. The molecule has 0 N–H and O–H groups in total. The first kappa shape index (κ1) is 16.7. The molecule has 0 unspecified atom stereocenters. The number of carbonyl (C=O) groups excluding carboxylic acids is 1. The van der Waals surface area contributed by atoms with E-state index in [1.165, 1.54) is 6.07 Å². The SMILES string of the molecule is CCS(=O)(=O)c1ccc(Cl)cc1-c1cc2c(C)cccn2c1C=O. The van der Waals surface area contributed by atoms with Gasteiger partial charge < -0.3 is 4.40 Å². The van der Waals surface area contributed by atoms with Gasteiger partial charge in [0.15, 0.2) is 16.1 Å². The Labute approximate surface area is 145 Å². The van der Waals surface area contributed by atoms with Gasteiger partial charge in [-0.05, 0) is 42.8 Å². The zero-order valence-electron chi connectivity index (χ0n) is 13.3. The molecular formula is C18H16ClNO3S. The maximum Gasteiger partial charge on any atom is 0.178 e. The smallest absolute Gasteiger partial charge is 0.178 e. The molecule has 24 heavy (non-hydrogen) atoms. The lowest BCUT2D eigenvalue weighted by Crippen LogP contribution is -2.06. The van der Waals surface area contributed by atoms with E-state index in [1.807, 2.05) is 25.1 Å². The highest BCUT2D eigenvalue weighted by Crippen LogP contribution is 2.35. The van der Waals surface area contributed by atoms with Gasteiger partial charge in [0.05, 0.1) is 16.3 Å². The highest BCUT2D eigenvalue weighted by Gasteiger charge is 2.22. The van der Waals surface area contributed by atoms with Crippen LogP contribution < -0.4 is 0 Å². The number of aryl methyl sites for hydroxylation is 1. The number of benzene rings is 1. The van der Waals surface area contributed by atoms with Crippen LogP contribution in [0.25, 0.3) is 16.6 Å². The highest BCUT2D eigenvalue weighted by molar-refractivity contribution is 7.91. The second-order valence-electron chi connectivity index (χ2n) is 5.55. The van der Waals surface area contributed by atoms with Gasteiger partial charge in [0.1, 0.15) is 0 Å². The minimum Gasteiger partial charge on any atom is -0.313 e. The van der Waals surface area contributed by atoms with Gasteiger partial charge in [-0.3, -0.25) is 4.79 Å². The van der Waals surface area contributed by atoms with E-state index in [-0.39, 0.29) is 10.6 Å². The fraction of sp³-hybridized carbons (Fsp3) is 0.167. The number of hydrogen-bond donors (Lipinski definition) is 0. The standard InChI is InChI=1S/C18H16ClNO3S/c1-3-24(22,23)18-7-6-13(19)9-15(18)14-10-16-12(2)5-4-8-20(16)17(14)11-21/h4-11H,3H2,1-2H3. The predicted octanol–water partition coefficient (Wildman–Crippen LogP) is 4.17. The zero-order chi connectivity index (χ0) is 17.5. The summed E-state index contributed by atoms with van der Waals surface area (Å²) in [6.45, 7) is 3.53. The van der Waals surface area contributed by atoms with Gasteiger partial charge in [-0.15, -0.1) is 0 Å². The molecule has 124 valence electrons. The number of rotatable bonds is 4. The molecule has 0 saturated carbocycles. The molecule has 0 aliphatic carbocycles. The Kier molecular flexibility index (Phi) is 4.24. The molecule has 1 aromatic carbocycles. The topological polar surface area (TPSA) is 55.6 Å². The lowest BCUT2D eigenvalue weighted by Gasteiger charge is -2.10. The normalized spacial score (nSPS) is 11.8. The molecule has 0 aliphatic heterocycles. The second kappa shape index (κ2) is 6.07. The first-order valence-electron chi connectivity index (χ1n) is 7.47. The fourth-order valence-corrected chi connectivity index (χ4v) is 4.10. The Morgan fingerprint density at radius 2 is 1.92 bits per heavy atom. The van der Waals surface area contributed by atoms with Crippen LogP contribution in [0.4, 0.5) is 0 Å². The Bertz CT molecular complexity index is 1050. The Hall–Kier alpha value is -2.11. The Morgan fingerprint density at radius 1 is 1.17 bits per heavy atom. The summed E-state index contributed by atoms with van der Waals surface area (Å²) in [5.74, 6) is -0.0234. The molecule has 0 saturated heterocycles. The summed E-state index contributed by atoms with van der Waals surface area (Å²) in [5.41, 5.74) is 3.27. The summed E-state index contributed by atoms with van der Waals surface area (Å²) in [7, 11) is -3.45. The van der Waals surface area contributed by atoms with E-state index in [2.05, 4.69) is 0 Å². The largest absolute Gasteiger partial charge is 0.313 e.